The molecule has 4 rings (SSSR count). The summed E-state index contributed by atoms with van der Waals surface area (Å²) in [5, 5.41) is 28.7. The second kappa shape index (κ2) is 9.13. The summed E-state index contributed by atoms with van der Waals surface area (Å²) in [7, 11) is 1.76. The molecule has 0 bridgehead atoms. The number of hydrogen-bond acceptors (Lipinski definition) is 11. The molecule has 3 aromatic heterocycles. The third kappa shape index (κ3) is 4.71. The van der Waals surface area contributed by atoms with Crippen LogP contribution in [0.3, 0.4) is 0 Å². The van der Waals surface area contributed by atoms with Crippen LogP contribution in [0.25, 0.3) is 11.0 Å². The molecule has 0 saturated carbocycles. The van der Waals surface area contributed by atoms with E-state index in [9.17, 15) is 4.79 Å². The van der Waals surface area contributed by atoms with Crippen molar-refractivity contribution in [2.75, 3.05) is 6.54 Å². The van der Waals surface area contributed by atoms with Crippen molar-refractivity contribution in [3.05, 3.63) is 24.3 Å². The van der Waals surface area contributed by atoms with Gasteiger partial charge in [-0.15, -0.1) is 10.2 Å². The molecule has 0 aliphatic heterocycles. The Morgan fingerprint density at radius 2 is 1.63 bits per heavy atom. The first-order valence-electron chi connectivity index (χ1n) is 8.95. The second-order valence-electron chi connectivity index (χ2n) is 6.13. The minimum atomic E-state index is -0.0623. The summed E-state index contributed by atoms with van der Waals surface area (Å²) >= 11 is 2.64. The maximum Gasteiger partial charge on any atom is 0.216 e. The molecular weight excluding hydrogens is 426 g/mol. The number of aromatic nitrogens is 10. The van der Waals surface area contributed by atoms with Gasteiger partial charge in [0.15, 0.2) is 0 Å². The quantitative estimate of drug-likeness (QED) is 0.389. The van der Waals surface area contributed by atoms with Gasteiger partial charge in [-0.25, -0.2) is 19.3 Å². The lowest BCUT2D eigenvalue weighted by Crippen LogP contribution is -2.22. The fourth-order valence-electron chi connectivity index (χ4n) is 2.48. The average Bonchev–Trinajstić information content (AvgIpc) is 3.34. The Labute approximate surface area is 179 Å². The summed E-state index contributed by atoms with van der Waals surface area (Å²) in [6.45, 7) is 2.60. The standard InChI is InChI=1S/C16H17N11OS2/c1-10(28)17-8-5-9-27-16(21-23-25-27)30-14-13(29-15-20-22-24-26(15)2)18-11-6-3-4-7-12(11)19-14/h3-4,6-7H,5,8-9H2,1-2H3,(H,17,28). The van der Waals surface area contributed by atoms with Crippen LogP contribution in [-0.4, -0.2) is 62.8 Å². The molecule has 0 aliphatic carbocycles. The largest absolute Gasteiger partial charge is 0.356 e. The number of hydrogen-bond donors (Lipinski definition) is 1. The normalized spacial score (nSPS) is 11.1. The molecule has 0 aliphatic rings. The number of carbonyl (C=O) groups excluding carboxylic acids is 1. The van der Waals surface area contributed by atoms with Crippen LogP contribution in [0.5, 0.6) is 0 Å². The topological polar surface area (TPSA) is 142 Å². The fourth-order valence-corrected chi connectivity index (χ4v) is 4.19. The summed E-state index contributed by atoms with van der Waals surface area (Å²) in [6, 6.07) is 7.64. The number of carbonyl (C=O) groups is 1. The third-order valence-corrected chi connectivity index (χ3v) is 5.97. The highest BCUT2D eigenvalue weighted by molar-refractivity contribution is 8.02. The van der Waals surface area contributed by atoms with E-state index in [0.29, 0.717) is 39.9 Å². The van der Waals surface area contributed by atoms with Gasteiger partial charge in [-0.3, -0.25) is 4.79 Å². The molecule has 0 radical (unpaired) electrons. The Morgan fingerprint density at radius 1 is 1.00 bits per heavy atom. The molecule has 154 valence electrons. The zero-order valence-electron chi connectivity index (χ0n) is 16.1. The maximum atomic E-state index is 11.0. The van der Waals surface area contributed by atoms with Crippen molar-refractivity contribution >= 4 is 40.5 Å². The fraction of sp³-hybridized carbons (Fsp3) is 0.312. The monoisotopic (exact) mass is 443 g/mol. The van der Waals surface area contributed by atoms with E-state index < -0.39 is 0 Å². The van der Waals surface area contributed by atoms with Gasteiger partial charge in [-0.2, -0.15) is 0 Å². The lowest BCUT2D eigenvalue weighted by molar-refractivity contribution is -0.118. The van der Waals surface area contributed by atoms with Gasteiger partial charge in [-0.05, 0) is 62.9 Å². The molecule has 0 fully saturated rings. The number of rotatable bonds is 8. The van der Waals surface area contributed by atoms with Gasteiger partial charge in [-0.1, -0.05) is 12.1 Å². The number of nitrogens with one attached hydrogen (secondary N) is 1. The second-order valence-corrected chi connectivity index (χ2v) is 8.04. The molecule has 3 heterocycles. The van der Waals surface area contributed by atoms with Crippen LogP contribution in [0.1, 0.15) is 13.3 Å². The van der Waals surface area contributed by atoms with E-state index in [0.717, 1.165) is 11.0 Å². The zero-order valence-corrected chi connectivity index (χ0v) is 17.8. The van der Waals surface area contributed by atoms with Crippen molar-refractivity contribution in [1.82, 2.24) is 55.7 Å². The Morgan fingerprint density at radius 3 is 2.27 bits per heavy atom. The first-order valence-corrected chi connectivity index (χ1v) is 10.6. The Balaban J connectivity index is 1.60. The van der Waals surface area contributed by atoms with Crippen LogP contribution in [0.2, 0.25) is 0 Å². The summed E-state index contributed by atoms with van der Waals surface area (Å²) in [6.07, 6.45) is 0.702. The number of tetrazole rings is 2. The van der Waals surface area contributed by atoms with Gasteiger partial charge in [0, 0.05) is 27.1 Å². The van der Waals surface area contributed by atoms with E-state index in [2.05, 4.69) is 36.4 Å². The summed E-state index contributed by atoms with van der Waals surface area (Å²) in [4.78, 5) is 20.5. The van der Waals surface area contributed by atoms with E-state index in [1.165, 1.54) is 30.4 Å². The molecule has 1 N–H and O–H groups in total. The number of fused-ring (bicyclic) bond motifs is 1. The molecule has 0 atom stereocenters. The summed E-state index contributed by atoms with van der Waals surface area (Å²) in [5.74, 6) is -0.0623. The molecule has 0 spiro atoms. The number of para-hydroxylation sites is 2. The van der Waals surface area contributed by atoms with Crippen molar-refractivity contribution in [3.8, 4) is 0 Å². The summed E-state index contributed by atoms with van der Waals surface area (Å²) < 4.78 is 3.25. The molecule has 12 nitrogen and oxygen atoms in total. The first kappa shape index (κ1) is 20.2. The SMILES string of the molecule is CC(=O)NCCCn1nnnc1Sc1nc2ccccc2nc1Sc1nnnn1C. The van der Waals surface area contributed by atoms with Crippen molar-refractivity contribution in [2.24, 2.45) is 7.05 Å². The van der Waals surface area contributed by atoms with Crippen LogP contribution in [0.4, 0.5) is 0 Å². The number of amides is 1. The third-order valence-electron chi connectivity index (χ3n) is 3.89. The van der Waals surface area contributed by atoms with E-state index in [4.69, 9.17) is 9.97 Å². The van der Waals surface area contributed by atoms with Crippen molar-refractivity contribution in [2.45, 2.75) is 40.3 Å². The molecule has 4 aromatic rings. The predicted octanol–water partition coefficient (Wildman–Crippen LogP) is 0.968. The van der Waals surface area contributed by atoms with Gasteiger partial charge < -0.3 is 5.32 Å². The average molecular weight is 444 g/mol. The highest BCUT2D eigenvalue weighted by Crippen LogP contribution is 2.35. The molecular formula is C16H17N11OS2. The molecule has 14 heteroatoms. The number of benzene rings is 1. The zero-order chi connectivity index (χ0) is 20.9. The molecule has 0 unspecified atom stereocenters. The molecule has 0 saturated heterocycles. The maximum absolute atomic E-state index is 11.0. The van der Waals surface area contributed by atoms with E-state index >= 15 is 0 Å². The molecule has 30 heavy (non-hydrogen) atoms. The Bertz CT molecular complexity index is 1170. The van der Waals surface area contributed by atoms with Crippen LogP contribution in [0.15, 0.2) is 44.6 Å². The Hall–Kier alpha value is -3.13. The number of nitrogens with zero attached hydrogens (tertiary/aromatic N) is 10. The first-order chi connectivity index (χ1) is 14.6. The highest BCUT2D eigenvalue weighted by atomic mass is 32.2. The smallest absolute Gasteiger partial charge is 0.216 e. The predicted molar refractivity (Wildman–Crippen MR) is 108 cm³/mol. The highest BCUT2D eigenvalue weighted by Gasteiger charge is 2.18. The molecule has 1 aromatic carbocycles. The van der Waals surface area contributed by atoms with Gasteiger partial charge in [0.25, 0.3) is 0 Å². The summed E-state index contributed by atoms with van der Waals surface area (Å²) in [5.41, 5.74) is 1.54. The lowest BCUT2D eigenvalue weighted by Gasteiger charge is -2.09. The number of aryl methyl sites for hydroxylation is 2. The van der Waals surface area contributed by atoms with E-state index in [-0.39, 0.29) is 5.91 Å². The minimum absolute atomic E-state index is 0.0623. The van der Waals surface area contributed by atoms with E-state index in [1.54, 1.807) is 16.4 Å². The van der Waals surface area contributed by atoms with E-state index in [1.807, 2.05) is 24.3 Å². The van der Waals surface area contributed by atoms with Crippen LogP contribution in [0, 0.1) is 0 Å². The lowest BCUT2D eigenvalue weighted by atomic mass is 10.3. The van der Waals surface area contributed by atoms with Gasteiger partial charge in [0.1, 0.15) is 10.1 Å². The minimum Gasteiger partial charge on any atom is -0.356 e. The van der Waals surface area contributed by atoms with Crippen LogP contribution >= 0.6 is 23.5 Å². The van der Waals surface area contributed by atoms with Gasteiger partial charge >= 0.3 is 0 Å². The van der Waals surface area contributed by atoms with Gasteiger partial charge in [0.2, 0.25) is 16.2 Å². The van der Waals surface area contributed by atoms with Gasteiger partial charge in [0.05, 0.1) is 11.0 Å². The molecule has 1 amide bonds. The van der Waals surface area contributed by atoms with Crippen molar-refractivity contribution in [3.63, 3.8) is 0 Å². The Kier molecular flexibility index (Phi) is 6.13. The van der Waals surface area contributed by atoms with Crippen LogP contribution in [-0.2, 0) is 18.4 Å². The van der Waals surface area contributed by atoms with Crippen molar-refractivity contribution in [1.29, 1.82) is 0 Å². The van der Waals surface area contributed by atoms with Crippen LogP contribution < -0.4 is 5.32 Å². The van der Waals surface area contributed by atoms with Crippen molar-refractivity contribution < 1.29 is 4.79 Å².